The largest absolute Gasteiger partial charge is 0.444 e. The van der Waals surface area contributed by atoms with Crippen LogP contribution in [0.5, 0.6) is 0 Å². The molecule has 3 rings (SSSR count). The maximum Gasteiger partial charge on any atom is 0.291 e. The number of amides is 2. The molecule has 0 spiro atoms. The Kier molecular flexibility index (Phi) is 4.34. The molecule has 2 aromatic rings. The number of rotatable bonds is 3. The number of nitrogens with zero attached hydrogens (tertiary/aromatic N) is 3. The van der Waals surface area contributed by atoms with Gasteiger partial charge in [0.25, 0.3) is 5.91 Å². The standard InChI is InChI=1S/C16H16BrN5O3/c1-16(8-13(23)22(2)15(18)21-16)11-7-9(5-6-19-11)20-14(24)10-3-4-12(17)25-10/h3-7H,8H2,1-2H3,(H2,18,21)(H,19,20,24). The average molecular weight is 406 g/mol. The molecular weight excluding hydrogens is 390 g/mol. The van der Waals surface area contributed by atoms with E-state index in [1.165, 1.54) is 4.90 Å². The molecule has 2 aromatic heterocycles. The van der Waals surface area contributed by atoms with Crippen molar-refractivity contribution in [3.63, 3.8) is 0 Å². The topological polar surface area (TPSA) is 114 Å². The van der Waals surface area contributed by atoms with Gasteiger partial charge in [0, 0.05) is 18.9 Å². The lowest BCUT2D eigenvalue weighted by Crippen LogP contribution is -2.47. The number of aromatic nitrogens is 1. The van der Waals surface area contributed by atoms with Gasteiger partial charge < -0.3 is 15.5 Å². The van der Waals surface area contributed by atoms with E-state index in [1.807, 2.05) is 0 Å². The van der Waals surface area contributed by atoms with Gasteiger partial charge in [-0.3, -0.25) is 19.5 Å². The van der Waals surface area contributed by atoms with Crippen molar-refractivity contribution in [2.75, 3.05) is 12.4 Å². The van der Waals surface area contributed by atoms with Gasteiger partial charge >= 0.3 is 0 Å². The Labute approximate surface area is 152 Å². The van der Waals surface area contributed by atoms with E-state index in [4.69, 9.17) is 10.2 Å². The SMILES string of the molecule is CN1C(=O)CC(C)(c2cc(NC(=O)c3ccc(Br)o3)ccn2)N=C1N. The minimum absolute atomic E-state index is 0.135. The van der Waals surface area contributed by atoms with Crippen LogP contribution < -0.4 is 11.1 Å². The normalized spacial score (nSPS) is 20.4. The zero-order valence-corrected chi connectivity index (χ0v) is 15.2. The molecule has 130 valence electrons. The molecule has 1 aliphatic heterocycles. The van der Waals surface area contributed by atoms with Gasteiger partial charge in [-0.15, -0.1) is 0 Å². The molecule has 0 aliphatic carbocycles. The lowest BCUT2D eigenvalue weighted by atomic mass is 9.91. The van der Waals surface area contributed by atoms with Crippen LogP contribution in [0.1, 0.15) is 29.6 Å². The Morgan fingerprint density at radius 3 is 2.84 bits per heavy atom. The van der Waals surface area contributed by atoms with Gasteiger partial charge in [0.1, 0.15) is 5.54 Å². The highest BCUT2D eigenvalue weighted by molar-refractivity contribution is 9.10. The second-order valence-corrected chi connectivity index (χ2v) is 6.64. The number of carbonyl (C=O) groups excluding carboxylic acids is 2. The van der Waals surface area contributed by atoms with Gasteiger partial charge in [-0.05, 0) is 47.1 Å². The molecule has 8 nitrogen and oxygen atoms in total. The van der Waals surface area contributed by atoms with Crippen LogP contribution in [0.3, 0.4) is 0 Å². The van der Waals surface area contributed by atoms with Crippen LogP contribution in [0.2, 0.25) is 0 Å². The molecule has 1 atom stereocenters. The fourth-order valence-corrected chi connectivity index (χ4v) is 2.79. The van der Waals surface area contributed by atoms with Crippen molar-refractivity contribution in [1.82, 2.24) is 9.88 Å². The Morgan fingerprint density at radius 1 is 1.44 bits per heavy atom. The number of hydrogen-bond acceptors (Lipinski definition) is 6. The summed E-state index contributed by atoms with van der Waals surface area (Å²) in [5.41, 5.74) is 5.99. The lowest BCUT2D eigenvalue weighted by molar-refractivity contribution is -0.128. The van der Waals surface area contributed by atoms with Gasteiger partial charge in [0.15, 0.2) is 16.4 Å². The molecule has 0 bridgehead atoms. The number of anilines is 1. The molecule has 3 heterocycles. The molecule has 0 fully saturated rings. The van der Waals surface area contributed by atoms with Crippen LogP contribution in [0.4, 0.5) is 5.69 Å². The van der Waals surface area contributed by atoms with E-state index in [-0.39, 0.29) is 24.0 Å². The van der Waals surface area contributed by atoms with Crippen LogP contribution in [0.15, 0.2) is 44.5 Å². The summed E-state index contributed by atoms with van der Waals surface area (Å²) in [6.07, 6.45) is 1.68. The van der Waals surface area contributed by atoms with Gasteiger partial charge in [-0.2, -0.15) is 0 Å². The summed E-state index contributed by atoms with van der Waals surface area (Å²) in [5.74, 6) is -0.231. The number of pyridine rings is 1. The van der Waals surface area contributed by atoms with E-state index >= 15 is 0 Å². The minimum Gasteiger partial charge on any atom is -0.444 e. The summed E-state index contributed by atoms with van der Waals surface area (Å²) in [6.45, 7) is 1.78. The molecule has 0 aromatic carbocycles. The van der Waals surface area contributed by atoms with Gasteiger partial charge in [0.2, 0.25) is 5.91 Å². The summed E-state index contributed by atoms with van der Waals surface area (Å²) in [6, 6.07) is 6.51. The zero-order chi connectivity index (χ0) is 18.2. The maximum absolute atomic E-state index is 12.2. The van der Waals surface area contributed by atoms with E-state index in [9.17, 15) is 9.59 Å². The third kappa shape index (κ3) is 3.41. The minimum atomic E-state index is -0.887. The molecule has 0 radical (unpaired) electrons. The number of aliphatic imine (C=N–C) groups is 1. The number of guanidine groups is 1. The van der Waals surface area contributed by atoms with Gasteiger partial charge in [0.05, 0.1) is 12.1 Å². The first-order chi connectivity index (χ1) is 11.8. The Hall–Kier alpha value is -2.68. The molecule has 3 N–H and O–H groups in total. The van der Waals surface area contributed by atoms with E-state index in [1.54, 1.807) is 44.4 Å². The lowest BCUT2D eigenvalue weighted by Gasteiger charge is -2.32. The van der Waals surface area contributed by atoms with Crippen LogP contribution in [-0.2, 0) is 10.3 Å². The molecule has 0 saturated carbocycles. The highest BCUT2D eigenvalue weighted by atomic mass is 79.9. The number of furan rings is 1. The first kappa shape index (κ1) is 17.2. The van der Waals surface area contributed by atoms with E-state index in [2.05, 4.69) is 31.2 Å². The van der Waals surface area contributed by atoms with Crippen molar-refractivity contribution in [2.45, 2.75) is 18.9 Å². The quantitative estimate of drug-likeness (QED) is 0.810. The fraction of sp³-hybridized carbons (Fsp3) is 0.250. The van der Waals surface area contributed by atoms with Gasteiger partial charge in [-0.25, -0.2) is 4.99 Å². The summed E-state index contributed by atoms with van der Waals surface area (Å²) >= 11 is 3.15. The zero-order valence-electron chi connectivity index (χ0n) is 13.6. The molecule has 25 heavy (non-hydrogen) atoms. The molecule has 9 heteroatoms. The Bertz CT molecular complexity index is 878. The molecular formula is C16H16BrN5O3. The average Bonchev–Trinajstić information content (AvgIpc) is 2.99. The smallest absolute Gasteiger partial charge is 0.291 e. The van der Waals surface area contributed by atoms with E-state index in [0.29, 0.717) is 16.1 Å². The number of hydrogen-bond donors (Lipinski definition) is 2. The molecule has 2 amide bonds. The number of halogens is 1. The number of nitrogens with one attached hydrogen (secondary N) is 1. The summed E-state index contributed by atoms with van der Waals surface area (Å²) < 4.78 is 5.69. The third-order valence-corrected chi connectivity index (χ3v) is 4.37. The van der Waals surface area contributed by atoms with Crippen LogP contribution in [0.25, 0.3) is 0 Å². The van der Waals surface area contributed by atoms with Crippen molar-refractivity contribution >= 4 is 39.4 Å². The Balaban J connectivity index is 1.87. The highest BCUT2D eigenvalue weighted by Gasteiger charge is 2.37. The second-order valence-electron chi connectivity index (χ2n) is 5.86. The maximum atomic E-state index is 12.2. The predicted octanol–water partition coefficient (Wildman–Crippen LogP) is 2.08. The van der Waals surface area contributed by atoms with Crippen molar-refractivity contribution in [3.8, 4) is 0 Å². The molecule has 0 saturated heterocycles. The summed E-state index contributed by atoms with van der Waals surface area (Å²) in [4.78, 5) is 34.3. The van der Waals surface area contributed by atoms with Crippen molar-refractivity contribution in [3.05, 3.63) is 46.6 Å². The summed E-state index contributed by atoms with van der Waals surface area (Å²) in [7, 11) is 1.58. The van der Waals surface area contributed by atoms with Crippen LogP contribution >= 0.6 is 15.9 Å². The summed E-state index contributed by atoms with van der Waals surface area (Å²) in [5, 5.41) is 2.73. The second kappa shape index (κ2) is 6.32. The van der Waals surface area contributed by atoms with Crippen molar-refractivity contribution in [1.29, 1.82) is 0 Å². The highest BCUT2D eigenvalue weighted by Crippen LogP contribution is 2.32. The third-order valence-electron chi connectivity index (χ3n) is 3.94. The number of carbonyl (C=O) groups is 2. The monoisotopic (exact) mass is 405 g/mol. The van der Waals surface area contributed by atoms with E-state index < -0.39 is 11.4 Å². The molecule has 1 unspecified atom stereocenters. The Morgan fingerprint density at radius 2 is 2.20 bits per heavy atom. The predicted molar refractivity (Wildman–Crippen MR) is 95.0 cm³/mol. The van der Waals surface area contributed by atoms with Crippen LogP contribution in [-0.4, -0.2) is 34.7 Å². The number of nitrogens with two attached hydrogens (primary N) is 1. The van der Waals surface area contributed by atoms with Gasteiger partial charge in [-0.1, -0.05) is 0 Å². The van der Waals surface area contributed by atoms with E-state index in [0.717, 1.165) is 0 Å². The first-order valence-corrected chi connectivity index (χ1v) is 8.23. The van der Waals surface area contributed by atoms with Crippen molar-refractivity contribution < 1.29 is 14.0 Å². The van der Waals surface area contributed by atoms with Crippen LogP contribution in [0, 0.1) is 0 Å². The fourth-order valence-electron chi connectivity index (χ4n) is 2.49. The van der Waals surface area contributed by atoms with Crippen molar-refractivity contribution in [2.24, 2.45) is 10.7 Å². The first-order valence-electron chi connectivity index (χ1n) is 7.43. The molecule has 1 aliphatic rings.